The SMILES string of the molecule is CCOc1ccccc1CNCc1ccccc1COC. The molecule has 0 aliphatic carbocycles. The molecule has 0 unspecified atom stereocenters. The predicted octanol–water partition coefficient (Wildman–Crippen LogP) is 3.52. The molecule has 3 heteroatoms. The van der Waals surface area contributed by atoms with Gasteiger partial charge >= 0.3 is 0 Å². The number of hydrogen-bond acceptors (Lipinski definition) is 3. The van der Waals surface area contributed by atoms with Gasteiger partial charge in [-0.05, 0) is 24.1 Å². The second kappa shape index (κ2) is 8.45. The summed E-state index contributed by atoms with van der Waals surface area (Å²) in [5, 5.41) is 3.48. The van der Waals surface area contributed by atoms with Gasteiger partial charge in [0, 0.05) is 25.8 Å². The monoisotopic (exact) mass is 285 g/mol. The van der Waals surface area contributed by atoms with Gasteiger partial charge in [0.25, 0.3) is 0 Å². The van der Waals surface area contributed by atoms with Crippen molar-refractivity contribution in [1.29, 1.82) is 0 Å². The van der Waals surface area contributed by atoms with Crippen molar-refractivity contribution < 1.29 is 9.47 Å². The third-order valence-corrected chi connectivity index (χ3v) is 3.32. The molecule has 0 saturated carbocycles. The van der Waals surface area contributed by atoms with Crippen molar-refractivity contribution in [2.45, 2.75) is 26.6 Å². The van der Waals surface area contributed by atoms with Crippen LogP contribution >= 0.6 is 0 Å². The Morgan fingerprint density at radius 3 is 2.19 bits per heavy atom. The minimum atomic E-state index is 0.646. The summed E-state index contributed by atoms with van der Waals surface area (Å²) in [6.07, 6.45) is 0. The van der Waals surface area contributed by atoms with Crippen molar-refractivity contribution >= 4 is 0 Å². The van der Waals surface area contributed by atoms with E-state index >= 15 is 0 Å². The molecule has 2 rings (SSSR count). The largest absolute Gasteiger partial charge is 0.494 e. The zero-order valence-electron chi connectivity index (χ0n) is 12.8. The molecule has 0 aliphatic rings. The van der Waals surface area contributed by atoms with Crippen LogP contribution in [0.2, 0.25) is 0 Å². The lowest BCUT2D eigenvalue weighted by Gasteiger charge is -2.12. The summed E-state index contributed by atoms with van der Waals surface area (Å²) >= 11 is 0. The fraction of sp³-hybridized carbons (Fsp3) is 0.333. The standard InChI is InChI=1S/C18H23NO2/c1-3-21-18-11-7-6-9-16(18)13-19-12-15-8-4-5-10-17(15)14-20-2/h4-11,19H,3,12-14H2,1-2H3. The maximum Gasteiger partial charge on any atom is 0.123 e. The van der Waals surface area contributed by atoms with E-state index in [0.29, 0.717) is 13.2 Å². The van der Waals surface area contributed by atoms with Gasteiger partial charge in [-0.1, -0.05) is 42.5 Å². The average molecular weight is 285 g/mol. The highest BCUT2D eigenvalue weighted by Gasteiger charge is 2.04. The van der Waals surface area contributed by atoms with Gasteiger partial charge in [0.05, 0.1) is 13.2 Å². The van der Waals surface area contributed by atoms with Crippen molar-refractivity contribution in [3.8, 4) is 5.75 Å². The molecule has 2 aromatic rings. The highest BCUT2D eigenvalue weighted by Crippen LogP contribution is 2.18. The Bertz CT molecular complexity index is 505. The number of methoxy groups -OCH3 is 1. The van der Waals surface area contributed by atoms with Gasteiger partial charge in [-0.3, -0.25) is 0 Å². The highest BCUT2D eigenvalue weighted by atomic mass is 16.5. The van der Waals surface area contributed by atoms with E-state index in [-0.39, 0.29) is 0 Å². The molecule has 3 nitrogen and oxygen atoms in total. The van der Waals surface area contributed by atoms with Crippen LogP contribution < -0.4 is 10.1 Å². The smallest absolute Gasteiger partial charge is 0.123 e. The Kier molecular flexibility index (Phi) is 6.25. The van der Waals surface area contributed by atoms with E-state index < -0.39 is 0 Å². The molecule has 0 aliphatic heterocycles. The number of ether oxygens (including phenoxy) is 2. The number of para-hydroxylation sites is 1. The van der Waals surface area contributed by atoms with Crippen molar-refractivity contribution in [3.63, 3.8) is 0 Å². The molecule has 21 heavy (non-hydrogen) atoms. The Morgan fingerprint density at radius 1 is 0.857 bits per heavy atom. The molecule has 0 aromatic heterocycles. The molecular weight excluding hydrogens is 262 g/mol. The molecule has 0 atom stereocenters. The zero-order chi connectivity index (χ0) is 14.9. The average Bonchev–Trinajstić information content (AvgIpc) is 2.51. The van der Waals surface area contributed by atoms with Gasteiger partial charge < -0.3 is 14.8 Å². The Morgan fingerprint density at radius 2 is 1.48 bits per heavy atom. The lowest BCUT2D eigenvalue weighted by Crippen LogP contribution is -2.15. The number of nitrogens with one attached hydrogen (secondary N) is 1. The van der Waals surface area contributed by atoms with Crippen molar-refractivity contribution in [2.24, 2.45) is 0 Å². The van der Waals surface area contributed by atoms with Crippen LogP contribution in [0.5, 0.6) is 5.75 Å². The van der Waals surface area contributed by atoms with E-state index in [1.165, 1.54) is 16.7 Å². The quantitative estimate of drug-likeness (QED) is 0.805. The van der Waals surface area contributed by atoms with Crippen LogP contribution in [0.25, 0.3) is 0 Å². The first-order chi connectivity index (χ1) is 10.3. The first-order valence-electron chi connectivity index (χ1n) is 7.32. The highest BCUT2D eigenvalue weighted by molar-refractivity contribution is 5.33. The third kappa shape index (κ3) is 4.59. The fourth-order valence-electron chi connectivity index (χ4n) is 2.30. The topological polar surface area (TPSA) is 30.5 Å². The lowest BCUT2D eigenvalue weighted by molar-refractivity contribution is 0.184. The van der Waals surface area contributed by atoms with Gasteiger partial charge in [0.1, 0.15) is 5.75 Å². The van der Waals surface area contributed by atoms with Crippen LogP contribution in [-0.2, 0) is 24.4 Å². The Labute approximate surface area is 126 Å². The molecular formula is C18H23NO2. The molecule has 0 amide bonds. The van der Waals surface area contributed by atoms with Crippen LogP contribution in [0.3, 0.4) is 0 Å². The molecule has 0 fully saturated rings. The van der Waals surface area contributed by atoms with Gasteiger partial charge in [-0.15, -0.1) is 0 Å². The first-order valence-corrected chi connectivity index (χ1v) is 7.32. The molecule has 0 spiro atoms. The Hall–Kier alpha value is -1.84. The van der Waals surface area contributed by atoms with E-state index in [2.05, 4.69) is 29.6 Å². The van der Waals surface area contributed by atoms with Crippen LogP contribution in [0, 0.1) is 0 Å². The fourth-order valence-corrected chi connectivity index (χ4v) is 2.30. The van der Waals surface area contributed by atoms with Crippen molar-refractivity contribution in [1.82, 2.24) is 5.32 Å². The summed E-state index contributed by atoms with van der Waals surface area (Å²) in [6, 6.07) is 16.5. The van der Waals surface area contributed by atoms with Crippen LogP contribution in [0.1, 0.15) is 23.6 Å². The number of benzene rings is 2. The summed E-state index contributed by atoms with van der Waals surface area (Å²) in [4.78, 5) is 0. The minimum Gasteiger partial charge on any atom is -0.494 e. The second-order valence-corrected chi connectivity index (χ2v) is 4.85. The van der Waals surface area contributed by atoms with Gasteiger partial charge in [-0.2, -0.15) is 0 Å². The van der Waals surface area contributed by atoms with Crippen LogP contribution in [-0.4, -0.2) is 13.7 Å². The zero-order valence-corrected chi connectivity index (χ0v) is 12.8. The van der Waals surface area contributed by atoms with Crippen LogP contribution in [0.15, 0.2) is 48.5 Å². The normalized spacial score (nSPS) is 10.6. The van der Waals surface area contributed by atoms with Gasteiger partial charge in [0.15, 0.2) is 0 Å². The number of rotatable bonds is 8. The van der Waals surface area contributed by atoms with Crippen molar-refractivity contribution in [2.75, 3.05) is 13.7 Å². The lowest BCUT2D eigenvalue weighted by atomic mass is 10.1. The summed E-state index contributed by atoms with van der Waals surface area (Å²) in [6.45, 7) is 4.95. The number of hydrogen-bond donors (Lipinski definition) is 1. The summed E-state index contributed by atoms with van der Waals surface area (Å²) in [7, 11) is 1.72. The van der Waals surface area contributed by atoms with Crippen molar-refractivity contribution in [3.05, 3.63) is 65.2 Å². The molecule has 0 saturated heterocycles. The van der Waals surface area contributed by atoms with Crippen LogP contribution in [0.4, 0.5) is 0 Å². The second-order valence-electron chi connectivity index (χ2n) is 4.85. The molecule has 112 valence electrons. The minimum absolute atomic E-state index is 0.646. The maximum atomic E-state index is 5.64. The van der Waals surface area contributed by atoms with E-state index in [0.717, 1.165) is 18.8 Å². The van der Waals surface area contributed by atoms with E-state index in [1.807, 2.05) is 31.2 Å². The Balaban J connectivity index is 1.95. The first kappa shape index (κ1) is 15.5. The third-order valence-electron chi connectivity index (χ3n) is 3.32. The summed E-state index contributed by atoms with van der Waals surface area (Å²) in [5.74, 6) is 0.956. The predicted molar refractivity (Wildman–Crippen MR) is 85.3 cm³/mol. The van der Waals surface area contributed by atoms with Gasteiger partial charge in [-0.25, -0.2) is 0 Å². The summed E-state index contributed by atoms with van der Waals surface area (Å²) < 4.78 is 10.9. The molecule has 1 N–H and O–H groups in total. The maximum absolute atomic E-state index is 5.64. The van der Waals surface area contributed by atoms with Gasteiger partial charge in [0.2, 0.25) is 0 Å². The molecule has 2 aromatic carbocycles. The molecule has 0 heterocycles. The molecule has 0 bridgehead atoms. The van der Waals surface area contributed by atoms with E-state index in [4.69, 9.17) is 9.47 Å². The van der Waals surface area contributed by atoms with E-state index in [9.17, 15) is 0 Å². The summed E-state index contributed by atoms with van der Waals surface area (Å²) in [5.41, 5.74) is 3.68. The molecule has 0 radical (unpaired) electrons. The van der Waals surface area contributed by atoms with E-state index in [1.54, 1.807) is 7.11 Å².